The van der Waals surface area contributed by atoms with Crippen LogP contribution in [0.5, 0.6) is 5.75 Å². The molecule has 1 fully saturated rings. The molecule has 3 rings (SSSR count). The minimum atomic E-state index is -1.18. The van der Waals surface area contributed by atoms with Crippen molar-refractivity contribution in [1.29, 1.82) is 0 Å². The average Bonchev–Trinajstić information content (AvgIpc) is 2.85. The van der Waals surface area contributed by atoms with Crippen LogP contribution >= 0.6 is 24.0 Å². The quantitative estimate of drug-likeness (QED) is 0.859. The summed E-state index contributed by atoms with van der Waals surface area (Å²) in [4.78, 5) is 5.98. The number of hydrogen-bond donors (Lipinski definition) is 1. The molecule has 0 aliphatic carbocycles. The van der Waals surface area contributed by atoms with Gasteiger partial charge in [0.15, 0.2) is 5.72 Å². The molecule has 1 aliphatic rings. The molecule has 1 atom stereocenters. The minimum absolute atomic E-state index is 0.478. The second kappa shape index (κ2) is 6.47. The maximum absolute atomic E-state index is 11.4. The zero-order valence-corrected chi connectivity index (χ0v) is 14.7. The number of methoxy groups -OCH3 is 1. The lowest BCUT2D eigenvalue weighted by Gasteiger charge is -2.35. The largest absolute Gasteiger partial charge is 0.496 e. The number of pyridine rings is 1. The summed E-state index contributed by atoms with van der Waals surface area (Å²) >= 11 is 6.94. The maximum atomic E-state index is 11.4. The average molecular weight is 346 g/mol. The smallest absolute Gasteiger partial charge is 0.179 e. The summed E-state index contributed by atoms with van der Waals surface area (Å²) < 4.78 is 6.17. The van der Waals surface area contributed by atoms with E-state index in [4.69, 9.17) is 17.0 Å². The van der Waals surface area contributed by atoms with Crippen LogP contribution in [0.3, 0.4) is 0 Å². The third-order valence-electron chi connectivity index (χ3n) is 3.92. The van der Waals surface area contributed by atoms with E-state index in [0.29, 0.717) is 22.4 Å². The second-order valence-electron chi connectivity index (χ2n) is 5.52. The summed E-state index contributed by atoms with van der Waals surface area (Å²) in [7, 11) is 1.62. The Morgan fingerprint density at radius 1 is 1.43 bits per heavy atom. The molecule has 0 bridgehead atoms. The molecule has 1 aromatic heterocycles. The lowest BCUT2D eigenvalue weighted by molar-refractivity contribution is -0.0524. The van der Waals surface area contributed by atoms with Crippen molar-refractivity contribution in [2.24, 2.45) is 0 Å². The Hall–Kier alpha value is -1.63. The van der Waals surface area contributed by atoms with Gasteiger partial charge in [-0.25, -0.2) is 0 Å². The van der Waals surface area contributed by atoms with E-state index in [1.165, 1.54) is 11.8 Å². The number of thioether (sulfide) groups is 1. The van der Waals surface area contributed by atoms with Crippen molar-refractivity contribution in [3.8, 4) is 5.75 Å². The lowest BCUT2D eigenvalue weighted by Crippen LogP contribution is -2.44. The van der Waals surface area contributed by atoms with Crippen LogP contribution in [0.25, 0.3) is 0 Å². The van der Waals surface area contributed by atoms with E-state index in [1.807, 2.05) is 42.2 Å². The number of aryl methyl sites for hydroxylation is 1. The van der Waals surface area contributed by atoms with Gasteiger partial charge in [0.1, 0.15) is 10.1 Å². The Morgan fingerprint density at radius 3 is 2.96 bits per heavy atom. The van der Waals surface area contributed by atoms with Crippen LogP contribution in [0.4, 0.5) is 0 Å². The maximum Gasteiger partial charge on any atom is 0.179 e. The zero-order chi connectivity index (χ0) is 16.4. The number of thiocarbonyl (C=S) groups is 1. The first-order chi connectivity index (χ1) is 11.0. The normalized spacial score (nSPS) is 20.8. The molecule has 0 spiro atoms. The van der Waals surface area contributed by atoms with E-state index >= 15 is 0 Å². The molecular formula is C17H18N2O2S2. The van der Waals surface area contributed by atoms with Crippen LogP contribution in [0.2, 0.25) is 0 Å². The standard InChI is InChI=1S/C17H18N2O2S2/c1-12-5-6-14(15(8-12)21-2)17(20)11-23-16(22)19(17)10-13-4-3-7-18-9-13/h3-9,20H,10-11H2,1-2H3. The topological polar surface area (TPSA) is 45.6 Å². The molecule has 1 unspecified atom stereocenters. The Labute approximate surface area is 145 Å². The van der Waals surface area contributed by atoms with Gasteiger partial charge in [0.2, 0.25) is 0 Å². The molecule has 2 aromatic rings. The summed E-state index contributed by atoms with van der Waals surface area (Å²) in [6, 6.07) is 9.68. The number of hydrogen-bond acceptors (Lipinski definition) is 5. The van der Waals surface area contributed by atoms with E-state index < -0.39 is 5.72 Å². The van der Waals surface area contributed by atoms with E-state index in [1.54, 1.807) is 19.5 Å². The fraction of sp³-hybridized carbons (Fsp3) is 0.294. The minimum Gasteiger partial charge on any atom is -0.496 e. The van der Waals surface area contributed by atoms with E-state index in [9.17, 15) is 5.11 Å². The van der Waals surface area contributed by atoms with Gasteiger partial charge in [-0.15, -0.1) is 0 Å². The molecule has 1 N–H and O–H groups in total. The monoisotopic (exact) mass is 346 g/mol. The third-order valence-corrected chi connectivity index (χ3v) is 5.50. The Morgan fingerprint density at radius 2 is 2.26 bits per heavy atom. The fourth-order valence-electron chi connectivity index (χ4n) is 2.69. The molecule has 0 amide bonds. The molecule has 1 aromatic carbocycles. The molecule has 6 heteroatoms. The molecule has 23 heavy (non-hydrogen) atoms. The number of nitrogens with zero attached hydrogens (tertiary/aromatic N) is 2. The number of benzene rings is 1. The Kier molecular flexibility index (Phi) is 4.57. The van der Waals surface area contributed by atoms with Gasteiger partial charge in [0, 0.05) is 24.5 Å². The van der Waals surface area contributed by atoms with Crippen molar-refractivity contribution in [2.75, 3.05) is 12.9 Å². The van der Waals surface area contributed by atoms with Crippen LogP contribution in [-0.2, 0) is 12.3 Å². The van der Waals surface area contributed by atoms with Gasteiger partial charge in [-0.1, -0.05) is 42.2 Å². The third kappa shape index (κ3) is 3.06. The first kappa shape index (κ1) is 16.2. The van der Waals surface area contributed by atoms with Gasteiger partial charge >= 0.3 is 0 Å². The molecule has 0 saturated carbocycles. The van der Waals surface area contributed by atoms with Crippen LogP contribution in [0.15, 0.2) is 42.7 Å². The highest BCUT2D eigenvalue weighted by atomic mass is 32.2. The SMILES string of the molecule is COc1cc(C)ccc1C1(O)CSC(=S)N1Cc1cccnc1. The van der Waals surface area contributed by atoms with E-state index in [0.717, 1.165) is 16.7 Å². The number of ether oxygens (including phenoxy) is 1. The number of aromatic nitrogens is 1. The zero-order valence-electron chi connectivity index (χ0n) is 13.0. The second-order valence-corrected chi connectivity index (χ2v) is 7.13. The molecule has 0 radical (unpaired) electrons. The van der Waals surface area contributed by atoms with Gasteiger partial charge in [-0.2, -0.15) is 0 Å². The van der Waals surface area contributed by atoms with Crippen molar-refractivity contribution >= 4 is 28.3 Å². The van der Waals surface area contributed by atoms with Crippen molar-refractivity contribution in [3.05, 3.63) is 59.4 Å². The lowest BCUT2D eigenvalue weighted by atomic mass is 9.99. The summed E-state index contributed by atoms with van der Waals surface area (Å²) in [5, 5.41) is 11.4. The summed E-state index contributed by atoms with van der Waals surface area (Å²) in [6.07, 6.45) is 3.52. The summed E-state index contributed by atoms with van der Waals surface area (Å²) in [6.45, 7) is 2.50. The van der Waals surface area contributed by atoms with Crippen LogP contribution in [-0.4, -0.2) is 32.2 Å². The molecule has 4 nitrogen and oxygen atoms in total. The molecule has 1 saturated heterocycles. The van der Waals surface area contributed by atoms with E-state index in [2.05, 4.69) is 4.98 Å². The van der Waals surface area contributed by atoms with Crippen LogP contribution < -0.4 is 4.74 Å². The fourth-order valence-corrected chi connectivity index (χ4v) is 4.09. The van der Waals surface area contributed by atoms with E-state index in [-0.39, 0.29) is 0 Å². The van der Waals surface area contributed by atoms with Gasteiger partial charge in [0.05, 0.1) is 12.9 Å². The summed E-state index contributed by atoms with van der Waals surface area (Å²) in [5.41, 5.74) is 1.64. The highest BCUT2D eigenvalue weighted by molar-refractivity contribution is 8.23. The molecule has 2 heterocycles. The van der Waals surface area contributed by atoms with Gasteiger partial charge in [0.25, 0.3) is 0 Å². The van der Waals surface area contributed by atoms with Crippen molar-refractivity contribution < 1.29 is 9.84 Å². The predicted octanol–water partition coefficient (Wildman–Crippen LogP) is 3.08. The number of rotatable bonds is 4. The summed E-state index contributed by atoms with van der Waals surface area (Å²) in [5.74, 6) is 1.15. The van der Waals surface area contributed by atoms with Crippen LogP contribution in [0, 0.1) is 6.92 Å². The Balaban J connectivity index is 2.00. The van der Waals surface area contributed by atoms with Crippen molar-refractivity contribution in [2.45, 2.75) is 19.2 Å². The Bertz CT molecular complexity index is 724. The number of aliphatic hydroxyl groups is 1. The highest BCUT2D eigenvalue weighted by Gasteiger charge is 2.45. The van der Waals surface area contributed by atoms with Gasteiger partial charge in [-0.3, -0.25) is 4.98 Å². The predicted molar refractivity (Wildman–Crippen MR) is 96.5 cm³/mol. The van der Waals surface area contributed by atoms with Gasteiger partial charge in [-0.05, 0) is 30.2 Å². The first-order valence-electron chi connectivity index (χ1n) is 7.25. The highest BCUT2D eigenvalue weighted by Crippen LogP contribution is 2.43. The first-order valence-corrected chi connectivity index (χ1v) is 8.65. The van der Waals surface area contributed by atoms with Crippen molar-refractivity contribution in [3.63, 3.8) is 0 Å². The molecule has 120 valence electrons. The molecule has 1 aliphatic heterocycles. The van der Waals surface area contributed by atoms with Crippen LogP contribution in [0.1, 0.15) is 16.7 Å². The van der Waals surface area contributed by atoms with Crippen molar-refractivity contribution in [1.82, 2.24) is 9.88 Å². The molecular weight excluding hydrogens is 328 g/mol. The van der Waals surface area contributed by atoms with Gasteiger partial charge < -0.3 is 14.7 Å².